The predicted octanol–water partition coefficient (Wildman–Crippen LogP) is 10.00. The van der Waals surface area contributed by atoms with Crippen molar-refractivity contribution in [2.45, 2.75) is 56.0 Å². The number of hydrogen-bond donors (Lipinski definition) is 1. The monoisotopic (exact) mass is 1300 g/mol. The molecule has 24 nitrogen and oxygen atoms in total. The third kappa shape index (κ3) is 11.2. The van der Waals surface area contributed by atoms with Crippen LogP contribution < -0.4 is 16.7 Å². The summed E-state index contributed by atoms with van der Waals surface area (Å²) in [6.07, 6.45) is 19.0. The molecule has 0 amide bonds. The molecule has 3 fully saturated rings. The Labute approximate surface area is 535 Å². The first-order valence-electron chi connectivity index (χ1n) is 29.2. The SMILES string of the molecule is ClCc1nc([C@@H]2[C@H]3C=C(c4ccc(Cl)cc4)C[C@H]32)no1.Cn1cnc2nc[nH]c(=O)c21.Cn1cnc2ncn(Cc3nc([C@@H]4[C@H]5C=C(c6ccc(Cl)cc6)C[C@H]54)no3)c(=O)c21.Cn1cnc2ncn(Cc3nc([C@H]4[C@@H]5C=C(c6ccc(Cl)cc6)C[C@@H]54)no3)c(=O)c21. The Balaban J connectivity index is 0.000000106. The molecule has 0 saturated heterocycles. The highest BCUT2D eigenvalue weighted by Gasteiger charge is 2.57. The standard InChI is InChI=1S/2C21H17ClN6O2.C15H12Cl2N2O.C6H6N4O/c2*1-27-9-23-20-18(27)21(29)28(10-24-20)8-16-25-19(26-30-16)17-14-6-12(7-15(14)17)11-2-4-13(22)5-3-11;16-7-13-18-15(19-20-13)14-11-5-9(6-12(11)14)8-1-3-10(17)4-2-8;1-10-3-9-5-4(10)6(11)8-2-7-5/h2*2-6,9-10,14-15,17H,7-8H2,1H3;1-5,11-12,14H,6-7H2;2-3H,1H3,(H,7,8,11)/t2*14-,15+,17+;11-,12+,14+;/m100./s1. The molecule has 0 aliphatic heterocycles. The van der Waals surface area contributed by atoms with Gasteiger partial charge in [0, 0.05) is 54.0 Å². The summed E-state index contributed by atoms with van der Waals surface area (Å²) in [6.45, 7) is 0.377. The van der Waals surface area contributed by atoms with E-state index in [1.807, 2.05) is 36.4 Å². The lowest BCUT2D eigenvalue weighted by atomic mass is 10.0. The van der Waals surface area contributed by atoms with E-state index in [9.17, 15) is 14.4 Å². The number of nitrogens with zero attached hydrogens (tertiary/aromatic N) is 17. The fourth-order valence-electron chi connectivity index (χ4n) is 13.1. The first-order valence-corrected chi connectivity index (χ1v) is 30.9. The molecule has 0 radical (unpaired) electrons. The first-order chi connectivity index (χ1) is 44.2. The average molecular weight is 1300 g/mol. The van der Waals surface area contributed by atoms with Crippen molar-refractivity contribution < 1.29 is 13.6 Å². The van der Waals surface area contributed by atoms with Gasteiger partial charge in [-0.1, -0.05) is 105 Å². The summed E-state index contributed by atoms with van der Waals surface area (Å²) < 4.78 is 23.8. The molecule has 9 atom stereocenters. The minimum atomic E-state index is -0.182. The van der Waals surface area contributed by atoms with Crippen molar-refractivity contribution in [3.63, 3.8) is 0 Å². The van der Waals surface area contributed by atoms with E-state index < -0.39 is 0 Å². The number of aromatic nitrogens is 18. The van der Waals surface area contributed by atoms with E-state index in [0.29, 0.717) is 104 Å². The summed E-state index contributed by atoms with van der Waals surface area (Å²) in [4.78, 5) is 76.8. The second-order valence-corrected chi connectivity index (χ2v) is 25.0. The zero-order valence-corrected chi connectivity index (χ0v) is 51.7. The van der Waals surface area contributed by atoms with Crippen LogP contribution in [0.2, 0.25) is 15.1 Å². The number of hydrogen-bond acceptors (Lipinski definition) is 18. The summed E-state index contributed by atoms with van der Waals surface area (Å²) >= 11 is 23.6. The van der Waals surface area contributed by atoms with Crippen molar-refractivity contribution in [3.05, 3.63) is 227 Å². The molecule has 28 heteroatoms. The molecule has 3 saturated carbocycles. The maximum absolute atomic E-state index is 12.7. The van der Waals surface area contributed by atoms with E-state index in [1.165, 1.54) is 61.5 Å². The number of rotatable bonds is 11. The van der Waals surface area contributed by atoms with Crippen LogP contribution in [0.1, 0.15) is 88.9 Å². The van der Waals surface area contributed by atoms with Crippen LogP contribution >= 0.6 is 46.4 Å². The largest absolute Gasteiger partial charge is 0.338 e. The van der Waals surface area contributed by atoms with Gasteiger partial charge in [0.1, 0.15) is 31.6 Å². The quantitative estimate of drug-likeness (QED) is 0.118. The van der Waals surface area contributed by atoms with Gasteiger partial charge in [-0.3, -0.25) is 23.5 Å². The minimum absolute atomic E-state index is 0.157. The maximum atomic E-state index is 12.7. The summed E-state index contributed by atoms with van der Waals surface area (Å²) in [5.74, 6) is 7.88. The van der Waals surface area contributed by atoms with Gasteiger partial charge in [0.25, 0.3) is 16.7 Å². The number of benzene rings is 3. The number of aromatic amines is 1. The van der Waals surface area contributed by atoms with Crippen molar-refractivity contribution in [1.82, 2.24) is 88.1 Å². The van der Waals surface area contributed by atoms with E-state index in [-0.39, 0.29) is 47.5 Å². The molecule has 91 heavy (non-hydrogen) atoms. The van der Waals surface area contributed by atoms with Crippen molar-refractivity contribution in [2.24, 2.45) is 56.7 Å². The van der Waals surface area contributed by atoms with Gasteiger partial charge < -0.3 is 32.3 Å². The van der Waals surface area contributed by atoms with Crippen molar-refractivity contribution >= 4 is 96.6 Å². The average Bonchev–Trinajstić information content (AvgIpc) is 1.58. The van der Waals surface area contributed by atoms with Gasteiger partial charge >= 0.3 is 0 Å². The second kappa shape index (κ2) is 23.4. The highest BCUT2D eigenvalue weighted by atomic mass is 35.5. The molecule has 18 rings (SSSR count). The van der Waals surface area contributed by atoms with E-state index >= 15 is 0 Å². The molecule has 9 heterocycles. The van der Waals surface area contributed by atoms with Crippen LogP contribution in [0, 0.1) is 35.5 Å². The number of imidazole rings is 3. The number of allylic oxidation sites excluding steroid dienone is 6. The summed E-state index contributed by atoms with van der Waals surface area (Å²) in [7, 11) is 5.29. The van der Waals surface area contributed by atoms with E-state index in [1.54, 1.807) is 53.8 Å². The van der Waals surface area contributed by atoms with Crippen LogP contribution in [0.3, 0.4) is 0 Å². The smallest absolute Gasteiger partial charge is 0.280 e. The van der Waals surface area contributed by atoms with Crippen LogP contribution in [0.15, 0.2) is 157 Å². The van der Waals surface area contributed by atoms with E-state index in [4.69, 9.17) is 60.0 Å². The summed E-state index contributed by atoms with van der Waals surface area (Å²) in [5.41, 5.74) is 10.0. The number of H-pyrrole nitrogens is 1. The Morgan fingerprint density at radius 3 is 1.14 bits per heavy atom. The Morgan fingerprint density at radius 1 is 0.462 bits per heavy atom. The summed E-state index contributed by atoms with van der Waals surface area (Å²) in [6, 6.07) is 24.0. The number of alkyl halides is 1. The van der Waals surface area contributed by atoms with Crippen LogP contribution in [0.25, 0.3) is 50.2 Å². The molecule has 9 aromatic heterocycles. The number of fused-ring (bicyclic) bond motifs is 6. The molecule has 0 bridgehead atoms. The first kappa shape index (κ1) is 57.9. The zero-order valence-electron chi connectivity index (χ0n) is 48.6. The Hall–Kier alpha value is -9.49. The highest BCUT2D eigenvalue weighted by molar-refractivity contribution is 6.31. The maximum Gasteiger partial charge on any atom is 0.280 e. The lowest BCUT2D eigenvalue weighted by Gasteiger charge is -2.05. The molecule has 1 N–H and O–H groups in total. The topological polar surface area (TPSA) is 286 Å². The van der Waals surface area contributed by atoms with Gasteiger partial charge in [0.15, 0.2) is 51.0 Å². The van der Waals surface area contributed by atoms with Crippen LogP contribution in [0.4, 0.5) is 0 Å². The number of aryl methyl sites for hydroxylation is 3. The molecular weight excluding hydrogens is 1250 g/mol. The van der Waals surface area contributed by atoms with Crippen molar-refractivity contribution in [2.75, 3.05) is 0 Å². The third-order valence-electron chi connectivity index (χ3n) is 17.9. The molecule has 458 valence electrons. The van der Waals surface area contributed by atoms with Crippen molar-refractivity contribution in [3.8, 4) is 0 Å². The molecule has 0 unspecified atom stereocenters. The van der Waals surface area contributed by atoms with Gasteiger partial charge in [-0.25, -0.2) is 29.9 Å². The lowest BCUT2D eigenvalue weighted by molar-refractivity contribution is 0.363. The van der Waals surface area contributed by atoms with Crippen LogP contribution in [-0.4, -0.2) is 88.1 Å². The van der Waals surface area contributed by atoms with Gasteiger partial charge in [0.05, 0.1) is 25.3 Å². The van der Waals surface area contributed by atoms with Gasteiger partial charge in [0.2, 0.25) is 17.7 Å². The second-order valence-electron chi connectivity index (χ2n) is 23.5. The molecule has 6 aliphatic rings. The lowest BCUT2D eigenvalue weighted by Crippen LogP contribution is -2.22. The van der Waals surface area contributed by atoms with Crippen LogP contribution in [0.5, 0.6) is 0 Å². The molecular formula is C63H52Cl4N18O6. The Morgan fingerprint density at radius 2 is 0.802 bits per heavy atom. The Kier molecular flexibility index (Phi) is 14.9. The Bertz CT molecular complexity index is 4840. The number of halogens is 4. The van der Waals surface area contributed by atoms with Gasteiger partial charge in [-0.2, -0.15) is 15.0 Å². The molecule has 0 spiro atoms. The minimum Gasteiger partial charge on any atom is -0.338 e. The fraction of sp³-hybridized carbons (Fsp3) is 0.286. The van der Waals surface area contributed by atoms with Gasteiger partial charge in [-0.05, 0) is 125 Å². The van der Waals surface area contributed by atoms with Gasteiger partial charge in [-0.15, -0.1) is 11.6 Å². The third-order valence-corrected chi connectivity index (χ3v) is 18.9. The predicted molar refractivity (Wildman–Crippen MR) is 337 cm³/mol. The van der Waals surface area contributed by atoms with E-state index in [0.717, 1.165) is 40.2 Å². The van der Waals surface area contributed by atoms with Crippen LogP contribution in [-0.2, 0) is 40.1 Å². The molecule has 3 aromatic carbocycles. The fourth-order valence-corrected chi connectivity index (χ4v) is 13.6. The zero-order chi connectivity index (χ0) is 62.3. The molecule has 6 aliphatic carbocycles. The number of nitrogens with one attached hydrogen (secondary N) is 1. The highest BCUT2D eigenvalue weighted by Crippen LogP contribution is 2.64. The van der Waals surface area contributed by atoms with E-state index in [2.05, 4.69) is 120 Å². The normalized spacial score (nSPS) is 22.0. The molecule has 12 aromatic rings. The summed E-state index contributed by atoms with van der Waals surface area (Å²) in [5, 5.41) is 14.7. The van der Waals surface area contributed by atoms with Crippen molar-refractivity contribution in [1.29, 1.82) is 0 Å².